The quantitative estimate of drug-likeness (QED) is 0.0299. The van der Waals surface area contributed by atoms with Gasteiger partial charge >= 0.3 is 19.8 Å². The van der Waals surface area contributed by atoms with E-state index in [-0.39, 0.29) is 32.6 Å². The molecule has 45 heavy (non-hydrogen) atoms. The van der Waals surface area contributed by atoms with Crippen LogP contribution in [0.15, 0.2) is 12.2 Å². The molecular weight excluding hydrogens is 593 g/mol. The van der Waals surface area contributed by atoms with Crippen molar-refractivity contribution < 1.29 is 37.6 Å². The normalized spacial score (nSPS) is 13.6. The summed E-state index contributed by atoms with van der Waals surface area (Å²) < 4.78 is 32.6. The highest BCUT2D eigenvalue weighted by atomic mass is 31.2. The Labute approximate surface area is 275 Å². The van der Waals surface area contributed by atoms with Gasteiger partial charge in [-0.05, 0) is 32.1 Å². The van der Waals surface area contributed by atoms with E-state index in [0.29, 0.717) is 6.42 Å². The lowest BCUT2D eigenvalue weighted by molar-refractivity contribution is -0.161. The summed E-state index contributed by atoms with van der Waals surface area (Å²) in [5.74, 6) is -0.837. The summed E-state index contributed by atoms with van der Waals surface area (Å²) in [5, 5.41) is 0. The largest absolute Gasteiger partial charge is 0.472 e. The molecule has 0 aromatic heterocycles. The van der Waals surface area contributed by atoms with Gasteiger partial charge in [-0.2, -0.15) is 0 Å². The molecule has 3 N–H and O–H groups in total. The Morgan fingerprint density at radius 2 is 1.11 bits per heavy atom. The summed E-state index contributed by atoms with van der Waals surface area (Å²) in [6.45, 7) is 3.67. The van der Waals surface area contributed by atoms with Crippen LogP contribution in [-0.4, -0.2) is 49.3 Å². The molecule has 0 saturated heterocycles. The maximum atomic E-state index is 12.5. The summed E-state index contributed by atoms with van der Waals surface area (Å²) in [4.78, 5) is 34.6. The van der Waals surface area contributed by atoms with Crippen molar-refractivity contribution in [3.05, 3.63) is 12.2 Å². The van der Waals surface area contributed by atoms with Crippen molar-refractivity contribution in [3.63, 3.8) is 0 Å². The first kappa shape index (κ1) is 43.8. The zero-order valence-electron chi connectivity index (χ0n) is 28.9. The van der Waals surface area contributed by atoms with Crippen LogP contribution in [0.4, 0.5) is 0 Å². The molecule has 0 rings (SSSR count). The van der Waals surface area contributed by atoms with Crippen LogP contribution in [0.2, 0.25) is 0 Å². The minimum Gasteiger partial charge on any atom is -0.462 e. The maximum Gasteiger partial charge on any atom is 0.472 e. The minimum absolute atomic E-state index is 0.0547. The second-order valence-electron chi connectivity index (χ2n) is 12.1. The molecule has 266 valence electrons. The zero-order valence-corrected chi connectivity index (χ0v) is 29.8. The fourth-order valence-electron chi connectivity index (χ4n) is 4.91. The van der Waals surface area contributed by atoms with Gasteiger partial charge in [0.2, 0.25) is 0 Å². The summed E-state index contributed by atoms with van der Waals surface area (Å²) >= 11 is 0. The molecule has 0 aliphatic carbocycles. The van der Waals surface area contributed by atoms with Crippen LogP contribution in [0.5, 0.6) is 0 Å². The van der Waals surface area contributed by atoms with Gasteiger partial charge in [0.1, 0.15) is 6.61 Å². The third-order valence-electron chi connectivity index (χ3n) is 7.65. The van der Waals surface area contributed by atoms with Gasteiger partial charge in [-0.25, -0.2) is 4.57 Å². The topological polar surface area (TPSA) is 134 Å². The van der Waals surface area contributed by atoms with E-state index in [4.69, 9.17) is 24.3 Å². The Morgan fingerprint density at radius 1 is 0.644 bits per heavy atom. The first-order valence-electron chi connectivity index (χ1n) is 18.2. The fraction of sp³-hybridized carbons (Fsp3) is 0.886. The average molecular weight is 662 g/mol. The third kappa shape index (κ3) is 32.5. The maximum absolute atomic E-state index is 12.5. The highest BCUT2D eigenvalue weighted by Crippen LogP contribution is 2.43. The third-order valence-corrected chi connectivity index (χ3v) is 8.64. The highest BCUT2D eigenvalue weighted by Gasteiger charge is 2.25. The molecule has 0 saturated carbocycles. The Kier molecular flexibility index (Phi) is 31.8. The zero-order chi connectivity index (χ0) is 33.3. The second-order valence-corrected chi connectivity index (χ2v) is 13.5. The minimum atomic E-state index is -4.36. The van der Waals surface area contributed by atoms with Gasteiger partial charge in [-0.15, -0.1) is 0 Å². The molecule has 0 heterocycles. The molecule has 0 amide bonds. The molecule has 9 nitrogen and oxygen atoms in total. The van der Waals surface area contributed by atoms with E-state index < -0.39 is 32.5 Å². The number of carbonyl (C=O) groups excluding carboxylic acids is 2. The van der Waals surface area contributed by atoms with Crippen molar-refractivity contribution in [2.75, 3.05) is 26.4 Å². The van der Waals surface area contributed by atoms with Crippen LogP contribution in [0.25, 0.3) is 0 Å². The number of esters is 2. The molecular formula is C35H68NO8P. The lowest BCUT2D eigenvalue weighted by Crippen LogP contribution is -2.29. The number of rotatable bonds is 34. The first-order valence-corrected chi connectivity index (χ1v) is 19.7. The molecule has 0 aliphatic heterocycles. The smallest absolute Gasteiger partial charge is 0.462 e. The lowest BCUT2D eigenvalue weighted by Gasteiger charge is -2.19. The monoisotopic (exact) mass is 661 g/mol. The molecule has 10 heteroatoms. The van der Waals surface area contributed by atoms with Gasteiger partial charge in [-0.3, -0.25) is 18.6 Å². The van der Waals surface area contributed by atoms with E-state index in [0.717, 1.165) is 57.8 Å². The Hall–Kier alpha value is -1.25. The van der Waals surface area contributed by atoms with Crippen molar-refractivity contribution in [3.8, 4) is 0 Å². The molecule has 0 spiro atoms. The number of hydrogen-bond donors (Lipinski definition) is 2. The van der Waals surface area contributed by atoms with Crippen LogP contribution >= 0.6 is 7.82 Å². The van der Waals surface area contributed by atoms with Crippen molar-refractivity contribution in [1.82, 2.24) is 0 Å². The Morgan fingerprint density at radius 3 is 1.64 bits per heavy atom. The number of unbranched alkanes of at least 4 members (excludes halogenated alkanes) is 19. The number of carbonyl (C=O) groups is 2. The van der Waals surface area contributed by atoms with Gasteiger partial charge in [0, 0.05) is 19.4 Å². The van der Waals surface area contributed by atoms with Crippen LogP contribution in [-0.2, 0) is 32.7 Å². The van der Waals surface area contributed by atoms with Crippen LogP contribution in [0.3, 0.4) is 0 Å². The summed E-state index contributed by atoms with van der Waals surface area (Å²) in [7, 11) is -4.36. The van der Waals surface area contributed by atoms with Crippen molar-refractivity contribution in [2.24, 2.45) is 5.73 Å². The van der Waals surface area contributed by atoms with E-state index >= 15 is 0 Å². The Balaban J connectivity index is 4.24. The summed E-state index contributed by atoms with van der Waals surface area (Å²) in [6, 6.07) is 0. The lowest BCUT2D eigenvalue weighted by atomic mass is 10.0. The van der Waals surface area contributed by atoms with Crippen LogP contribution < -0.4 is 5.73 Å². The fourth-order valence-corrected chi connectivity index (χ4v) is 5.67. The number of nitrogens with two attached hydrogens (primary N) is 1. The first-order chi connectivity index (χ1) is 21.8. The molecule has 2 atom stereocenters. The predicted molar refractivity (Wildman–Crippen MR) is 183 cm³/mol. The molecule has 0 radical (unpaired) electrons. The van der Waals surface area contributed by atoms with Gasteiger partial charge in [0.15, 0.2) is 6.10 Å². The molecule has 0 fully saturated rings. The molecule has 0 bridgehead atoms. The van der Waals surface area contributed by atoms with E-state index in [2.05, 4.69) is 26.0 Å². The summed E-state index contributed by atoms with van der Waals surface area (Å²) in [5.41, 5.74) is 5.32. The van der Waals surface area contributed by atoms with Crippen molar-refractivity contribution in [2.45, 2.75) is 174 Å². The number of phosphoric ester groups is 1. The SMILES string of the molecule is CCCCC=CCCCCCCCC(=O)OCC(COP(=O)(O)OCCN)OC(=O)CCCCCCCCCCCCCCC. The number of hydrogen-bond acceptors (Lipinski definition) is 8. The second kappa shape index (κ2) is 32.7. The molecule has 2 unspecified atom stereocenters. The standard InChI is InChI=1S/C35H68NO8P/c1-3-5-7-9-11-13-15-16-18-20-22-24-26-28-35(38)44-33(32-43-45(39,40)42-30-29-36)31-41-34(37)27-25-23-21-19-17-14-12-10-8-6-4-2/h10,12,33H,3-9,11,13-32,36H2,1-2H3,(H,39,40). The number of phosphoric acid groups is 1. The van der Waals surface area contributed by atoms with E-state index in [1.807, 2.05) is 0 Å². The van der Waals surface area contributed by atoms with E-state index in [9.17, 15) is 19.0 Å². The predicted octanol–water partition coefficient (Wildman–Crippen LogP) is 9.49. The average Bonchev–Trinajstić information content (AvgIpc) is 3.02. The van der Waals surface area contributed by atoms with E-state index in [1.165, 1.54) is 77.0 Å². The Bertz CT molecular complexity index is 764. The van der Waals surface area contributed by atoms with Crippen molar-refractivity contribution >= 4 is 19.8 Å². The molecule has 0 aromatic carbocycles. The number of allylic oxidation sites excluding steroid dienone is 2. The molecule has 0 aromatic rings. The van der Waals surface area contributed by atoms with Gasteiger partial charge < -0.3 is 20.1 Å². The van der Waals surface area contributed by atoms with E-state index in [1.54, 1.807) is 0 Å². The van der Waals surface area contributed by atoms with Gasteiger partial charge in [0.25, 0.3) is 0 Å². The highest BCUT2D eigenvalue weighted by molar-refractivity contribution is 7.47. The van der Waals surface area contributed by atoms with Crippen LogP contribution in [0.1, 0.15) is 168 Å². The van der Waals surface area contributed by atoms with Crippen molar-refractivity contribution in [1.29, 1.82) is 0 Å². The van der Waals surface area contributed by atoms with Gasteiger partial charge in [-0.1, -0.05) is 135 Å². The van der Waals surface area contributed by atoms with Crippen LogP contribution in [0, 0.1) is 0 Å². The summed E-state index contributed by atoms with van der Waals surface area (Å²) in [6.07, 6.45) is 29.5. The van der Waals surface area contributed by atoms with Gasteiger partial charge in [0.05, 0.1) is 13.2 Å². The molecule has 0 aliphatic rings. The number of ether oxygens (including phenoxy) is 2.